The van der Waals surface area contributed by atoms with Gasteiger partial charge in [0.25, 0.3) is 0 Å². The summed E-state index contributed by atoms with van der Waals surface area (Å²) in [6.45, 7) is 5.67. The number of hydrogen-bond donors (Lipinski definition) is 1. The summed E-state index contributed by atoms with van der Waals surface area (Å²) < 4.78 is 27.2. The van der Waals surface area contributed by atoms with Crippen molar-refractivity contribution in [1.29, 1.82) is 0 Å². The van der Waals surface area contributed by atoms with E-state index in [-0.39, 0.29) is 18.4 Å². The van der Waals surface area contributed by atoms with E-state index in [4.69, 9.17) is 0 Å². The number of nitrogens with zero attached hydrogens (tertiary/aromatic N) is 1. The van der Waals surface area contributed by atoms with Gasteiger partial charge in [0.2, 0.25) is 10.0 Å². The van der Waals surface area contributed by atoms with Gasteiger partial charge in [0.1, 0.15) is 0 Å². The van der Waals surface area contributed by atoms with E-state index in [0.717, 1.165) is 5.56 Å². The van der Waals surface area contributed by atoms with E-state index in [2.05, 4.69) is 21.2 Å². The molecule has 1 aliphatic heterocycles. The van der Waals surface area contributed by atoms with Gasteiger partial charge in [-0.1, -0.05) is 6.07 Å². The lowest BCUT2D eigenvalue weighted by molar-refractivity contribution is 0.310. The maximum atomic E-state index is 12.5. The first-order valence-corrected chi connectivity index (χ1v) is 8.14. The molecule has 0 amide bonds. The first kappa shape index (κ1) is 16.9. The van der Waals surface area contributed by atoms with Crippen LogP contribution in [0.15, 0.2) is 27.6 Å². The summed E-state index contributed by atoms with van der Waals surface area (Å²) in [5, 5.41) is 3.24. The maximum absolute atomic E-state index is 12.5. The molecule has 0 spiro atoms. The highest BCUT2D eigenvalue weighted by Crippen LogP contribution is 2.26. The Balaban J connectivity index is 0.00000180. The van der Waals surface area contributed by atoms with Gasteiger partial charge in [0, 0.05) is 30.1 Å². The summed E-state index contributed by atoms with van der Waals surface area (Å²) in [4.78, 5) is 0.349. The molecule has 0 saturated carbocycles. The molecule has 1 atom stereocenters. The van der Waals surface area contributed by atoms with Gasteiger partial charge < -0.3 is 5.32 Å². The molecule has 1 saturated heterocycles. The average Bonchev–Trinajstić information content (AvgIpc) is 2.28. The fraction of sp³-hybridized carbons (Fsp3) is 0.500. The molecule has 0 unspecified atom stereocenters. The van der Waals surface area contributed by atoms with Crippen LogP contribution in [0.25, 0.3) is 0 Å². The third-order valence-electron chi connectivity index (χ3n) is 3.04. The first-order chi connectivity index (χ1) is 8.41. The van der Waals surface area contributed by atoms with Crippen molar-refractivity contribution in [3.05, 3.63) is 28.2 Å². The highest BCUT2D eigenvalue weighted by molar-refractivity contribution is 9.10. The van der Waals surface area contributed by atoms with E-state index in [1.54, 1.807) is 10.4 Å². The molecule has 1 fully saturated rings. The van der Waals surface area contributed by atoms with Crippen molar-refractivity contribution in [2.24, 2.45) is 0 Å². The predicted molar refractivity (Wildman–Crippen MR) is 82.4 cm³/mol. The zero-order valence-electron chi connectivity index (χ0n) is 10.9. The van der Waals surface area contributed by atoms with E-state index in [9.17, 15) is 8.42 Å². The number of aryl methyl sites for hydroxylation is 1. The molecule has 0 aliphatic carbocycles. The molecule has 2 rings (SSSR count). The number of benzene rings is 1. The van der Waals surface area contributed by atoms with E-state index in [1.165, 1.54) is 0 Å². The van der Waals surface area contributed by atoms with Crippen LogP contribution in [0.1, 0.15) is 12.5 Å². The van der Waals surface area contributed by atoms with Gasteiger partial charge in [-0.15, -0.1) is 12.4 Å². The number of nitrogens with one attached hydrogen (secondary N) is 1. The largest absolute Gasteiger partial charge is 0.312 e. The number of sulfonamides is 1. The molecule has 0 bridgehead atoms. The second kappa shape index (κ2) is 6.54. The molecule has 1 aliphatic rings. The molecule has 19 heavy (non-hydrogen) atoms. The predicted octanol–water partition coefficient (Wildman–Crippen LogP) is 2.16. The van der Waals surface area contributed by atoms with Crippen LogP contribution in [0.3, 0.4) is 0 Å². The van der Waals surface area contributed by atoms with Gasteiger partial charge in [-0.2, -0.15) is 4.31 Å². The minimum absolute atomic E-state index is 0. The van der Waals surface area contributed by atoms with Gasteiger partial charge in [-0.25, -0.2) is 8.42 Å². The van der Waals surface area contributed by atoms with Crippen LogP contribution >= 0.6 is 28.3 Å². The summed E-state index contributed by atoms with van der Waals surface area (Å²) >= 11 is 3.34. The van der Waals surface area contributed by atoms with Crippen molar-refractivity contribution in [3.63, 3.8) is 0 Å². The van der Waals surface area contributed by atoms with Crippen molar-refractivity contribution in [3.8, 4) is 0 Å². The molecule has 1 aromatic rings. The Morgan fingerprint density at radius 2 is 2.11 bits per heavy atom. The molecule has 1 N–H and O–H groups in total. The number of rotatable bonds is 2. The number of piperazine rings is 1. The van der Waals surface area contributed by atoms with Crippen molar-refractivity contribution in [2.45, 2.75) is 24.8 Å². The lowest BCUT2D eigenvalue weighted by Crippen LogP contribution is -2.51. The van der Waals surface area contributed by atoms with Gasteiger partial charge in [0.05, 0.1) is 4.90 Å². The average molecular weight is 370 g/mol. The topological polar surface area (TPSA) is 49.4 Å². The lowest BCUT2D eigenvalue weighted by atomic mass is 10.2. The van der Waals surface area contributed by atoms with Gasteiger partial charge in [-0.05, 0) is 47.5 Å². The molecule has 0 radical (unpaired) electrons. The van der Waals surface area contributed by atoms with Gasteiger partial charge in [-0.3, -0.25) is 0 Å². The van der Waals surface area contributed by atoms with Crippen LogP contribution in [0, 0.1) is 6.92 Å². The second-order valence-electron chi connectivity index (χ2n) is 4.65. The van der Waals surface area contributed by atoms with E-state index in [1.807, 2.05) is 26.0 Å². The zero-order chi connectivity index (χ0) is 13.3. The summed E-state index contributed by atoms with van der Waals surface area (Å²) in [7, 11) is -3.40. The van der Waals surface area contributed by atoms with E-state index >= 15 is 0 Å². The highest BCUT2D eigenvalue weighted by Gasteiger charge is 2.29. The monoisotopic (exact) mass is 368 g/mol. The van der Waals surface area contributed by atoms with Crippen LogP contribution in [0.4, 0.5) is 0 Å². The van der Waals surface area contributed by atoms with Crippen molar-refractivity contribution in [1.82, 2.24) is 9.62 Å². The Kier molecular flexibility index (Phi) is 5.82. The SMILES string of the molecule is Cc1ccc(S(=O)(=O)N2CCN[C@H](C)C2)c(Br)c1.Cl. The Morgan fingerprint density at radius 1 is 1.42 bits per heavy atom. The fourth-order valence-electron chi connectivity index (χ4n) is 2.07. The summed E-state index contributed by atoms with van der Waals surface area (Å²) in [5.74, 6) is 0. The third-order valence-corrected chi connectivity index (χ3v) is 5.88. The van der Waals surface area contributed by atoms with Crippen molar-refractivity contribution >= 4 is 38.4 Å². The van der Waals surface area contributed by atoms with Crippen molar-refractivity contribution < 1.29 is 8.42 Å². The molecule has 1 aromatic carbocycles. The van der Waals surface area contributed by atoms with Crippen molar-refractivity contribution in [2.75, 3.05) is 19.6 Å². The Bertz CT molecular complexity index is 551. The first-order valence-electron chi connectivity index (χ1n) is 5.91. The molecule has 0 aromatic heterocycles. The van der Waals surface area contributed by atoms with E-state index in [0.29, 0.717) is 29.0 Å². The molecule has 108 valence electrons. The molecule has 4 nitrogen and oxygen atoms in total. The summed E-state index contributed by atoms with van der Waals surface area (Å²) in [6, 6.07) is 5.52. The Hall–Kier alpha value is -0.140. The smallest absolute Gasteiger partial charge is 0.244 e. The second-order valence-corrected chi connectivity index (χ2v) is 7.41. The third kappa shape index (κ3) is 3.70. The minimum Gasteiger partial charge on any atom is -0.312 e. The number of halogens is 2. The molecular formula is C12H18BrClN2O2S. The zero-order valence-corrected chi connectivity index (χ0v) is 14.1. The van der Waals surface area contributed by atoms with Gasteiger partial charge in [0.15, 0.2) is 0 Å². The molecule has 1 heterocycles. The fourth-order valence-corrected chi connectivity index (χ4v) is 4.75. The summed E-state index contributed by atoms with van der Waals surface area (Å²) in [5.41, 5.74) is 1.04. The quantitative estimate of drug-likeness (QED) is 0.869. The normalized spacial score (nSPS) is 20.9. The van der Waals surface area contributed by atoms with Crippen LogP contribution in [-0.4, -0.2) is 38.4 Å². The van der Waals surface area contributed by atoms with Crippen LogP contribution in [0.2, 0.25) is 0 Å². The molecular weight excluding hydrogens is 352 g/mol. The standard InChI is InChI=1S/C12H17BrN2O2S.ClH/c1-9-3-4-12(11(13)7-9)18(16,17)15-6-5-14-10(2)8-15;/h3-4,7,10,14H,5-6,8H2,1-2H3;1H/t10-;/m1./s1. The van der Waals surface area contributed by atoms with Gasteiger partial charge >= 0.3 is 0 Å². The maximum Gasteiger partial charge on any atom is 0.244 e. The lowest BCUT2D eigenvalue weighted by Gasteiger charge is -2.31. The minimum atomic E-state index is -3.40. The Morgan fingerprint density at radius 3 is 2.68 bits per heavy atom. The summed E-state index contributed by atoms with van der Waals surface area (Å²) in [6.07, 6.45) is 0. The van der Waals surface area contributed by atoms with Crippen LogP contribution < -0.4 is 5.32 Å². The highest BCUT2D eigenvalue weighted by atomic mass is 79.9. The molecule has 7 heteroatoms. The van der Waals surface area contributed by atoms with E-state index < -0.39 is 10.0 Å². The van der Waals surface area contributed by atoms with Crippen LogP contribution in [-0.2, 0) is 10.0 Å². The Labute approximate surface area is 129 Å². The van der Waals surface area contributed by atoms with Crippen LogP contribution in [0.5, 0.6) is 0 Å². The number of hydrogen-bond acceptors (Lipinski definition) is 3.